The number of aromatic nitrogens is 3. The number of hydrogen-bond acceptors (Lipinski definition) is 4. The Morgan fingerprint density at radius 1 is 1.57 bits per heavy atom. The van der Waals surface area contributed by atoms with Crippen molar-refractivity contribution in [3.8, 4) is 0 Å². The summed E-state index contributed by atoms with van der Waals surface area (Å²) in [5, 5.41) is 3.95. The van der Waals surface area contributed by atoms with Crippen molar-refractivity contribution in [3.05, 3.63) is 12.2 Å². The van der Waals surface area contributed by atoms with Crippen LogP contribution in [0.4, 0.5) is 0 Å². The lowest BCUT2D eigenvalue weighted by Gasteiger charge is -2.01. The lowest BCUT2D eigenvalue weighted by Crippen LogP contribution is -2.26. The number of nitrogens with zero attached hydrogens (tertiary/aromatic N) is 3. The van der Waals surface area contributed by atoms with E-state index in [1.807, 2.05) is 6.92 Å². The third-order valence-electron chi connectivity index (χ3n) is 1.57. The third kappa shape index (κ3) is 3.43. The smallest absolute Gasteiger partial charge is 0.211 e. The topological polar surface area (TPSA) is 76.9 Å². The molecular weight excluding hydrogens is 204 g/mol. The van der Waals surface area contributed by atoms with E-state index in [0.717, 1.165) is 0 Å². The van der Waals surface area contributed by atoms with Crippen molar-refractivity contribution in [2.75, 3.05) is 5.75 Å². The Hall–Kier alpha value is -0.950. The van der Waals surface area contributed by atoms with Gasteiger partial charge in [-0.1, -0.05) is 6.92 Å². The summed E-state index contributed by atoms with van der Waals surface area (Å²) in [5.74, 6) is 0.618. The van der Waals surface area contributed by atoms with Crippen molar-refractivity contribution < 1.29 is 8.42 Å². The van der Waals surface area contributed by atoms with E-state index in [9.17, 15) is 8.42 Å². The predicted molar refractivity (Wildman–Crippen MR) is 51.9 cm³/mol. The molecule has 14 heavy (non-hydrogen) atoms. The number of nitrogens with one attached hydrogen (secondary N) is 1. The average Bonchev–Trinajstić information content (AvgIpc) is 2.48. The maximum absolute atomic E-state index is 11.2. The van der Waals surface area contributed by atoms with E-state index in [0.29, 0.717) is 12.2 Å². The van der Waals surface area contributed by atoms with E-state index in [4.69, 9.17) is 0 Å². The summed E-state index contributed by atoms with van der Waals surface area (Å²) in [6.45, 7) is 1.97. The fourth-order valence-electron chi connectivity index (χ4n) is 0.980. The highest BCUT2D eigenvalue weighted by molar-refractivity contribution is 7.89. The molecule has 0 atom stereocenters. The molecule has 0 amide bonds. The molecule has 0 saturated carbocycles. The fourth-order valence-corrected chi connectivity index (χ4v) is 2.01. The van der Waals surface area contributed by atoms with Gasteiger partial charge in [0.25, 0.3) is 0 Å². The van der Waals surface area contributed by atoms with Crippen LogP contribution < -0.4 is 4.72 Å². The monoisotopic (exact) mass is 218 g/mol. The third-order valence-corrected chi connectivity index (χ3v) is 3.10. The largest absolute Gasteiger partial charge is 0.256 e. The van der Waals surface area contributed by atoms with Crippen molar-refractivity contribution in [2.45, 2.75) is 19.9 Å². The maximum Gasteiger partial charge on any atom is 0.211 e. The summed E-state index contributed by atoms with van der Waals surface area (Å²) >= 11 is 0. The second-order valence-corrected chi connectivity index (χ2v) is 4.90. The minimum atomic E-state index is -3.16. The molecule has 7 heteroatoms. The first kappa shape index (κ1) is 11.1. The van der Waals surface area contributed by atoms with Gasteiger partial charge in [0.1, 0.15) is 6.33 Å². The lowest BCUT2D eigenvalue weighted by molar-refractivity contribution is 0.577. The Kier molecular flexibility index (Phi) is 3.59. The molecule has 6 nitrogen and oxygen atoms in total. The van der Waals surface area contributed by atoms with E-state index in [1.54, 1.807) is 7.05 Å². The van der Waals surface area contributed by atoms with Gasteiger partial charge in [0, 0.05) is 7.05 Å². The van der Waals surface area contributed by atoms with Crippen LogP contribution in [0.1, 0.15) is 19.2 Å². The number of sulfonamides is 1. The normalized spacial score (nSPS) is 11.9. The Bertz CT molecular complexity index is 384. The van der Waals surface area contributed by atoms with Gasteiger partial charge in [0.2, 0.25) is 10.0 Å². The van der Waals surface area contributed by atoms with Crippen LogP contribution in [0.15, 0.2) is 6.33 Å². The highest BCUT2D eigenvalue weighted by atomic mass is 32.2. The quantitative estimate of drug-likeness (QED) is 0.732. The second-order valence-electron chi connectivity index (χ2n) is 2.97. The SMILES string of the molecule is CCCS(=O)(=O)NCc1ncn(C)n1. The number of rotatable bonds is 5. The van der Waals surface area contributed by atoms with Gasteiger partial charge in [-0.2, -0.15) is 5.10 Å². The molecule has 1 aromatic rings. The molecule has 0 radical (unpaired) electrons. The highest BCUT2D eigenvalue weighted by Gasteiger charge is 2.09. The molecule has 0 aliphatic carbocycles. The van der Waals surface area contributed by atoms with Crippen molar-refractivity contribution in [2.24, 2.45) is 7.05 Å². The second kappa shape index (κ2) is 4.52. The van der Waals surface area contributed by atoms with Gasteiger partial charge in [-0.25, -0.2) is 18.1 Å². The lowest BCUT2D eigenvalue weighted by atomic mass is 10.6. The number of hydrogen-bond donors (Lipinski definition) is 1. The zero-order valence-electron chi connectivity index (χ0n) is 8.27. The van der Waals surface area contributed by atoms with Gasteiger partial charge in [-0.05, 0) is 6.42 Å². The minimum absolute atomic E-state index is 0.139. The van der Waals surface area contributed by atoms with E-state index >= 15 is 0 Å². The maximum atomic E-state index is 11.2. The standard InChI is InChI=1S/C7H14N4O2S/c1-3-4-14(12,13)9-5-7-8-6-11(2)10-7/h6,9H,3-5H2,1-2H3. The average molecular weight is 218 g/mol. The minimum Gasteiger partial charge on any atom is -0.256 e. The molecular formula is C7H14N4O2S. The molecule has 0 aliphatic rings. The van der Waals surface area contributed by atoms with Crippen molar-refractivity contribution in [1.29, 1.82) is 0 Å². The molecule has 1 N–H and O–H groups in total. The number of aryl methyl sites for hydroxylation is 1. The van der Waals surface area contributed by atoms with Gasteiger partial charge >= 0.3 is 0 Å². The van der Waals surface area contributed by atoms with Crippen LogP contribution in [0.2, 0.25) is 0 Å². The van der Waals surface area contributed by atoms with Crippen LogP contribution >= 0.6 is 0 Å². The summed E-state index contributed by atoms with van der Waals surface area (Å²) in [6, 6.07) is 0. The fraction of sp³-hybridized carbons (Fsp3) is 0.714. The molecule has 0 bridgehead atoms. The summed E-state index contributed by atoms with van der Waals surface area (Å²) < 4.78 is 26.4. The summed E-state index contributed by atoms with van der Waals surface area (Å²) in [4.78, 5) is 3.90. The molecule has 1 aromatic heterocycles. The van der Waals surface area contributed by atoms with Crippen LogP contribution in [0.5, 0.6) is 0 Å². The summed E-state index contributed by atoms with van der Waals surface area (Å²) in [7, 11) is -1.43. The van der Waals surface area contributed by atoms with Gasteiger partial charge < -0.3 is 0 Å². The first-order valence-corrected chi connectivity index (χ1v) is 6.00. The molecule has 0 aromatic carbocycles. The predicted octanol–water partition coefficient (Wildman–Crippen LogP) is -0.356. The highest BCUT2D eigenvalue weighted by Crippen LogP contribution is 1.92. The van der Waals surface area contributed by atoms with E-state index in [2.05, 4.69) is 14.8 Å². The Morgan fingerprint density at radius 3 is 2.79 bits per heavy atom. The van der Waals surface area contributed by atoms with E-state index < -0.39 is 10.0 Å². The molecule has 1 heterocycles. The first-order chi connectivity index (χ1) is 6.53. The molecule has 80 valence electrons. The van der Waals surface area contributed by atoms with Crippen molar-refractivity contribution in [1.82, 2.24) is 19.5 Å². The van der Waals surface area contributed by atoms with Gasteiger partial charge in [0.05, 0.1) is 12.3 Å². The Labute approximate surface area is 83.4 Å². The first-order valence-electron chi connectivity index (χ1n) is 4.35. The van der Waals surface area contributed by atoms with E-state index in [-0.39, 0.29) is 12.3 Å². The molecule has 0 unspecified atom stereocenters. The molecule has 0 saturated heterocycles. The van der Waals surface area contributed by atoms with Crippen LogP contribution in [0.25, 0.3) is 0 Å². The Morgan fingerprint density at radius 2 is 2.29 bits per heavy atom. The van der Waals surface area contributed by atoms with Crippen LogP contribution in [-0.2, 0) is 23.6 Å². The van der Waals surface area contributed by atoms with Gasteiger partial charge in [0.15, 0.2) is 5.82 Å². The van der Waals surface area contributed by atoms with E-state index in [1.165, 1.54) is 11.0 Å². The van der Waals surface area contributed by atoms with Crippen LogP contribution in [-0.4, -0.2) is 28.9 Å². The summed E-state index contributed by atoms with van der Waals surface area (Å²) in [5.41, 5.74) is 0. The zero-order valence-corrected chi connectivity index (χ0v) is 9.08. The van der Waals surface area contributed by atoms with Crippen molar-refractivity contribution >= 4 is 10.0 Å². The van der Waals surface area contributed by atoms with Crippen LogP contribution in [0.3, 0.4) is 0 Å². The zero-order chi connectivity index (χ0) is 10.6. The van der Waals surface area contributed by atoms with Gasteiger partial charge in [-0.15, -0.1) is 0 Å². The molecule has 1 rings (SSSR count). The molecule has 0 spiro atoms. The van der Waals surface area contributed by atoms with Crippen molar-refractivity contribution in [3.63, 3.8) is 0 Å². The Balaban J connectivity index is 2.48. The van der Waals surface area contributed by atoms with Crippen LogP contribution in [0, 0.1) is 0 Å². The van der Waals surface area contributed by atoms with Gasteiger partial charge in [-0.3, -0.25) is 4.68 Å². The molecule has 0 aliphatic heterocycles. The molecule has 0 fully saturated rings. The summed E-state index contributed by atoms with van der Waals surface area (Å²) in [6.07, 6.45) is 2.13.